The maximum absolute atomic E-state index is 13.8. The Morgan fingerprint density at radius 1 is 1.04 bits per heavy atom. The number of carbonyl (C=O) groups is 1. The first-order chi connectivity index (χ1) is 13.6. The predicted octanol–water partition coefficient (Wildman–Crippen LogP) is 5.26. The highest BCUT2D eigenvalue weighted by Crippen LogP contribution is 2.27. The molecular weight excluding hydrogens is 382 g/mol. The molecule has 28 heavy (non-hydrogen) atoms. The van der Waals surface area contributed by atoms with Crippen LogP contribution < -0.4 is 10.1 Å². The third-order valence-electron chi connectivity index (χ3n) is 4.05. The summed E-state index contributed by atoms with van der Waals surface area (Å²) in [4.78, 5) is 16.3. The zero-order valence-electron chi connectivity index (χ0n) is 14.5. The number of carbonyl (C=O) groups excluding carboxylic acids is 1. The second kappa shape index (κ2) is 7.74. The number of halogens is 2. The number of benzene rings is 3. The topological polar surface area (TPSA) is 51.2 Å². The van der Waals surface area contributed by atoms with Crippen LogP contribution in [-0.4, -0.2) is 17.5 Å². The van der Waals surface area contributed by atoms with Crippen LogP contribution in [0.15, 0.2) is 66.0 Å². The molecule has 0 saturated heterocycles. The fourth-order valence-corrected chi connectivity index (χ4v) is 3.44. The number of nitrogens with one attached hydrogen (secondary N) is 1. The summed E-state index contributed by atoms with van der Waals surface area (Å²) in [6.07, 6.45) is 0. The van der Waals surface area contributed by atoms with E-state index >= 15 is 0 Å². The van der Waals surface area contributed by atoms with E-state index in [-0.39, 0.29) is 18.1 Å². The molecule has 0 radical (unpaired) electrons. The lowest BCUT2D eigenvalue weighted by Gasteiger charge is -2.07. The smallest absolute Gasteiger partial charge is 0.264 e. The Bertz CT molecular complexity index is 1160. The number of nitrogens with zero attached hydrogens (tertiary/aromatic N) is 1. The molecule has 0 atom stereocenters. The van der Waals surface area contributed by atoms with Crippen molar-refractivity contribution in [1.82, 2.24) is 4.98 Å². The average molecular weight is 396 g/mol. The number of thiazole rings is 1. The second-order valence-electron chi connectivity index (χ2n) is 6.01. The highest BCUT2D eigenvalue weighted by Gasteiger charge is 2.12. The van der Waals surface area contributed by atoms with Crippen LogP contribution in [0.4, 0.5) is 13.9 Å². The van der Waals surface area contributed by atoms with Crippen LogP contribution in [0.5, 0.6) is 5.75 Å². The standard InChI is InChI=1S/C21H14F2N2O2S/c22-15-6-8-17(18(23)10-15)19-12-28-21(24-19)25-20(26)11-27-16-7-5-13-3-1-2-4-14(13)9-16/h1-10,12H,11H2,(H,24,25,26). The molecule has 0 aliphatic rings. The lowest BCUT2D eigenvalue weighted by Crippen LogP contribution is -2.20. The zero-order chi connectivity index (χ0) is 19.5. The maximum atomic E-state index is 13.8. The molecule has 0 aliphatic heterocycles. The maximum Gasteiger partial charge on any atom is 0.264 e. The van der Waals surface area contributed by atoms with Crippen LogP contribution in [0.1, 0.15) is 0 Å². The zero-order valence-corrected chi connectivity index (χ0v) is 15.3. The molecule has 1 aromatic heterocycles. The highest BCUT2D eigenvalue weighted by atomic mass is 32.1. The fourth-order valence-electron chi connectivity index (χ4n) is 2.71. The number of aromatic nitrogens is 1. The molecule has 0 saturated carbocycles. The van der Waals surface area contributed by atoms with Crippen molar-refractivity contribution >= 4 is 33.1 Å². The van der Waals surface area contributed by atoms with E-state index in [0.29, 0.717) is 16.6 Å². The van der Waals surface area contributed by atoms with Crippen molar-refractivity contribution in [1.29, 1.82) is 0 Å². The predicted molar refractivity (Wildman–Crippen MR) is 106 cm³/mol. The summed E-state index contributed by atoms with van der Waals surface area (Å²) in [5.41, 5.74) is 0.499. The minimum atomic E-state index is -0.706. The van der Waals surface area contributed by atoms with Gasteiger partial charge in [-0.15, -0.1) is 11.3 Å². The van der Waals surface area contributed by atoms with Gasteiger partial charge in [0.15, 0.2) is 11.7 Å². The number of hydrogen-bond acceptors (Lipinski definition) is 4. The minimum absolute atomic E-state index is 0.172. The van der Waals surface area contributed by atoms with E-state index in [4.69, 9.17) is 4.74 Å². The molecule has 1 heterocycles. The normalized spacial score (nSPS) is 10.8. The summed E-state index contributed by atoms with van der Waals surface area (Å²) in [6, 6.07) is 16.7. The molecule has 140 valence electrons. The molecule has 3 aromatic carbocycles. The Kier molecular flexibility index (Phi) is 4.99. The molecule has 0 spiro atoms. The van der Waals surface area contributed by atoms with Gasteiger partial charge in [-0.25, -0.2) is 13.8 Å². The molecule has 4 nitrogen and oxygen atoms in total. The van der Waals surface area contributed by atoms with Gasteiger partial charge in [-0.05, 0) is 35.0 Å². The number of amides is 1. The largest absolute Gasteiger partial charge is 0.484 e. The molecule has 4 rings (SSSR count). The van der Waals surface area contributed by atoms with Crippen LogP contribution in [0, 0.1) is 11.6 Å². The molecular formula is C21H14F2N2O2S. The van der Waals surface area contributed by atoms with Crippen molar-refractivity contribution in [2.45, 2.75) is 0 Å². The number of ether oxygens (including phenoxy) is 1. The van der Waals surface area contributed by atoms with E-state index in [9.17, 15) is 13.6 Å². The third-order valence-corrected chi connectivity index (χ3v) is 4.81. The summed E-state index contributed by atoms with van der Waals surface area (Å²) < 4.78 is 32.4. The van der Waals surface area contributed by atoms with Gasteiger partial charge in [-0.3, -0.25) is 10.1 Å². The minimum Gasteiger partial charge on any atom is -0.484 e. The Morgan fingerprint density at radius 3 is 2.68 bits per heavy atom. The van der Waals surface area contributed by atoms with Crippen LogP contribution in [0.25, 0.3) is 22.0 Å². The van der Waals surface area contributed by atoms with Gasteiger partial charge in [0.1, 0.15) is 17.4 Å². The summed E-state index contributed by atoms with van der Waals surface area (Å²) in [5.74, 6) is -1.16. The molecule has 1 amide bonds. The van der Waals surface area contributed by atoms with E-state index in [1.54, 1.807) is 11.4 Å². The SMILES string of the molecule is O=C(COc1ccc2ccccc2c1)Nc1nc(-c2ccc(F)cc2F)cs1. The first-order valence-electron chi connectivity index (χ1n) is 8.41. The second-order valence-corrected chi connectivity index (χ2v) is 6.87. The van der Waals surface area contributed by atoms with E-state index in [0.717, 1.165) is 34.2 Å². The Balaban J connectivity index is 1.39. The summed E-state index contributed by atoms with van der Waals surface area (Å²) >= 11 is 1.15. The van der Waals surface area contributed by atoms with Gasteiger partial charge < -0.3 is 4.74 Å². The first-order valence-corrected chi connectivity index (χ1v) is 9.29. The fraction of sp³-hybridized carbons (Fsp3) is 0.0476. The van der Waals surface area contributed by atoms with Gasteiger partial charge >= 0.3 is 0 Å². The number of rotatable bonds is 5. The van der Waals surface area contributed by atoms with Crippen LogP contribution in [-0.2, 0) is 4.79 Å². The Morgan fingerprint density at radius 2 is 1.86 bits per heavy atom. The molecule has 0 unspecified atom stereocenters. The summed E-state index contributed by atoms with van der Waals surface area (Å²) in [5, 5.41) is 6.63. The van der Waals surface area contributed by atoms with Gasteiger partial charge in [0.25, 0.3) is 5.91 Å². The number of fused-ring (bicyclic) bond motifs is 1. The average Bonchev–Trinajstić information content (AvgIpc) is 3.14. The van der Waals surface area contributed by atoms with E-state index in [2.05, 4.69) is 10.3 Å². The highest BCUT2D eigenvalue weighted by molar-refractivity contribution is 7.14. The third kappa shape index (κ3) is 3.99. The number of hydrogen-bond donors (Lipinski definition) is 1. The lowest BCUT2D eigenvalue weighted by atomic mass is 10.1. The summed E-state index contributed by atoms with van der Waals surface area (Å²) in [6.45, 7) is -0.182. The van der Waals surface area contributed by atoms with Crippen molar-refractivity contribution in [2.24, 2.45) is 0 Å². The molecule has 0 bridgehead atoms. The molecule has 0 fully saturated rings. The molecule has 4 aromatic rings. The molecule has 7 heteroatoms. The van der Waals surface area contributed by atoms with E-state index in [1.807, 2.05) is 36.4 Å². The van der Waals surface area contributed by atoms with Gasteiger partial charge in [0.2, 0.25) is 0 Å². The van der Waals surface area contributed by atoms with Gasteiger partial charge in [-0.2, -0.15) is 0 Å². The monoisotopic (exact) mass is 396 g/mol. The van der Waals surface area contributed by atoms with Crippen molar-refractivity contribution in [3.05, 3.63) is 77.7 Å². The Labute approximate surface area is 163 Å². The molecule has 0 aliphatic carbocycles. The van der Waals surface area contributed by atoms with E-state index < -0.39 is 11.6 Å². The Hall–Kier alpha value is -3.32. The van der Waals surface area contributed by atoms with Crippen LogP contribution >= 0.6 is 11.3 Å². The van der Waals surface area contributed by atoms with Crippen LogP contribution in [0.3, 0.4) is 0 Å². The number of anilines is 1. The van der Waals surface area contributed by atoms with Crippen molar-refractivity contribution in [2.75, 3.05) is 11.9 Å². The quantitative estimate of drug-likeness (QED) is 0.501. The molecule has 1 N–H and O–H groups in total. The van der Waals surface area contributed by atoms with Gasteiger partial charge in [0.05, 0.1) is 5.69 Å². The summed E-state index contributed by atoms with van der Waals surface area (Å²) in [7, 11) is 0. The van der Waals surface area contributed by atoms with Crippen molar-refractivity contribution < 1.29 is 18.3 Å². The van der Waals surface area contributed by atoms with E-state index in [1.165, 1.54) is 6.07 Å². The van der Waals surface area contributed by atoms with Crippen molar-refractivity contribution in [3.63, 3.8) is 0 Å². The lowest BCUT2D eigenvalue weighted by molar-refractivity contribution is -0.118. The van der Waals surface area contributed by atoms with Crippen LogP contribution in [0.2, 0.25) is 0 Å². The first kappa shape index (κ1) is 18.1. The van der Waals surface area contributed by atoms with Gasteiger partial charge in [0, 0.05) is 17.0 Å². The van der Waals surface area contributed by atoms with Crippen molar-refractivity contribution in [3.8, 4) is 17.0 Å². The van der Waals surface area contributed by atoms with Gasteiger partial charge in [-0.1, -0.05) is 30.3 Å².